The van der Waals surface area contributed by atoms with Crippen LogP contribution in [0.4, 0.5) is 15.8 Å². The number of benzene rings is 2. The van der Waals surface area contributed by atoms with Crippen LogP contribution >= 0.6 is 0 Å². The number of nitrogens with zero attached hydrogens (tertiary/aromatic N) is 1. The molecule has 1 heterocycles. The van der Waals surface area contributed by atoms with E-state index in [-0.39, 0.29) is 22.7 Å². The highest BCUT2D eigenvalue weighted by Gasteiger charge is 2.22. The highest BCUT2D eigenvalue weighted by molar-refractivity contribution is 5.99. The van der Waals surface area contributed by atoms with Crippen molar-refractivity contribution >= 4 is 34.2 Å². The first-order chi connectivity index (χ1) is 12.9. The molecule has 0 unspecified atom stereocenters. The lowest BCUT2D eigenvalue weighted by atomic mass is 10.1. The molecule has 138 valence electrons. The second-order valence-corrected chi connectivity index (χ2v) is 5.57. The number of rotatable bonds is 5. The van der Waals surface area contributed by atoms with E-state index in [0.29, 0.717) is 10.9 Å². The monoisotopic (exact) mass is 372 g/mol. The minimum Gasteiger partial charge on any atom is -0.450 e. The number of hydrogen-bond donors (Lipinski definition) is 1. The van der Waals surface area contributed by atoms with Crippen LogP contribution < -0.4 is 5.32 Å². The van der Waals surface area contributed by atoms with Gasteiger partial charge in [0.15, 0.2) is 18.0 Å². The molecule has 0 aliphatic carbocycles. The van der Waals surface area contributed by atoms with E-state index in [9.17, 15) is 24.1 Å². The fraction of sp³-hybridized carbons (Fsp3) is 0.111. The molecule has 27 heavy (non-hydrogen) atoms. The first-order valence-corrected chi connectivity index (χ1v) is 7.76. The largest absolute Gasteiger partial charge is 0.450 e. The molecule has 1 aromatic heterocycles. The Hall–Kier alpha value is -3.75. The number of carbonyl (C=O) groups excluding carboxylic acids is 2. The number of nitro groups is 1. The predicted octanol–water partition coefficient (Wildman–Crippen LogP) is 3.58. The van der Waals surface area contributed by atoms with Crippen molar-refractivity contribution in [3.63, 3.8) is 0 Å². The molecule has 1 amide bonds. The lowest BCUT2D eigenvalue weighted by Crippen LogP contribution is -2.21. The maximum Gasteiger partial charge on any atom is 0.375 e. The van der Waals surface area contributed by atoms with Gasteiger partial charge in [-0.25, -0.2) is 9.18 Å². The normalized spacial score (nSPS) is 10.6. The van der Waals surface area contributed by atoms with Crippen molar-refractivity contribution in [2.75, 3.05) is 11.9 Å². The van der Waals surface area contributed by atoms with E-state index in [4.69, 9.17) is 9.15 Å². The molecule has 8 nitrogen and oxygen atoms in total. The number of fused-ring (bicyclic) bond motifs is 1. The van der Waals surface area contributed by atoms with E-state index >= 15 is 0 Å². The Morgan fingerprint density at radius 1 is 1.22 bits per heavy atom. The molecule has 2 aromatic carbocycles. The Kier molecular flexibility index (Phi) is 4.84. The summed E-state index contributed by atoms with van der Waals surface area (Å²) in [4.78, 5) is 34.4. The number of furan rings is 1. The zero-order valence-electron chi connectivity index (χ0n) is 14.0. The number of aryl methyl sites for hydroxylation is 1. The molecular formula is C18H13FN2O6. The van der Waals surface area contributed by atoms with Gasteiger partial charge in [0.25, 0.3) is 11.6 Å². The average molecular weight is 372 g/mol. The second-order valence-electron chi connectivity index (χ2n) is 5.57. The number of carbonyl (C=O) groups is 2. The molecule has 1 N–H and O–H groups in total. The number of hydrogen-bond acceptors (Lipinski definition) is 6. The molecule has 9 heteroatoms. The van der Waals surface area contributed by atoms with Crippen LogP contribution in [0.3, 0.4) is 0 Å². The van der Waals surface area contributed by atoms with Crippen LogP contribution in [0.5, 0.6) is 0 Å². The van der Waals surface area contributed by atoms with Gasteiger partial charge in [-0.05, 0) is 19.1 Å². The first kappa shape index (κ1) is 18.1. The number of para-hydroxylation sites is 3. The van der Waals surface area contributed by atoms with Gasteiger partial charge in [-0.3, -0.25) is 14.9 Å². The number of nitro benzene ring substituents is 1. The third-order valence-electron chi connectivity index (χ3n) is 3.81. The molecule has 0 radical (unpaired) electrons. The number of esters is 1. The highest BCUT2D eigenvalue weighted by atomic mass is 19.1. The summed E-state index contributed by atoms with van der Waals surface area (Å²) in [7, 11) is 0. The maximum atomic E-state index is 13.7. The zero-order chi connectivity index (χ0) is 19.6. The summed E-state index contributed by atoms with van der Waals surface area (Å²) in [6, 6.07) is 9.82. The zero-order valence-corrected chi connectivity index (χ0v) is 14.0. The molecular weight excluding hydrogens is 359 g/mol. The molecule has 0 aliphatic heterocycles. The Bertz CT molecular complexity index is 1060. The number of amides is 1. The van der Waals surface area contributed by atoms with Crippen molar-refractivity contribution in [3.05, 3.63) is 69.7 Å². The van der Waals surface area contributed by atoms with E-state index in [0.717, 1.165) is 0 Å². The standard InChI is InChI=1S/C18H13FN2O6/c1-10-11-5-4-6-12(19)17(11)27-16(10)18(23)26-9-15(22)20-13-7-2-3-8-14(13)21(24)25/h2-8H,9H2,1H3,(H,20,22). The van der Waals surface area contributed by atoms with Gasteiger partial charge in [0.1, 0.15) is 5.69 Å². The summed E-state index contributed by atoms with van der Waals surface area (Å²) >= 11 is 0. The Labute approximate surface area is 151 Å². The minimum atomic E-state index is -0.944. The van der Waals surface area contributed by atoms with Crippen molar-refractivity contribution in [1.29, 1.82) is 0 Å². The van der Waals surface area contributed by atoms with E-state index in [1.807, 2.05) is 0 Å². The minimum absolute atomic E-state index is 0.0227. The van der Waals surface area contributed by atoms with Crippen LogP contribution in [-0.4, -0.2) is 23.4 Å². The van der Waals surface area contributed by atoms with Gasteiger partial charge in [-0.15, -0.1) is 0 Å². The number of anilines is 1. The number of halogens is 1. The van der Waals surface area contributed by atoms with Gasteiger partial charge in [0.05, 0.1) is 4.92 Å². The van der Waals surface area contributed by atoms with Crippen molar-refractivity contribution < 1.29 is 28.1 Å². The van der Waals surface area contributed by atoms with E-state index < -0.39 is 29.2 Å². The van der Waals surface area contributed by atoms with Crippen LogP contribution in [0.2, 0.25) is 0 Å². The molecule has 0 atom stereocenters. The van der Waals surface area contributed by atoms with Crippen molar-refractivity contribution in [3.8, 4) is 0 Å². The quantitative estimate of drug-likeness (QED) is 0.416. The molecule has 0 fully saturated rings. The van der Waals surface area contributed by atoms with Crippen LogP contribution in [0.25, 0.3) is 11.0 Å². The first-order valence-electron chi connectivity index (χ1n) is 7.76. The SMILES string of the molecule is Cc1c(C(=O)OCC(=O)Nc2ccccc2[N+](=O)[O-])oc2c(F)cccc12. The van der Waals surface area contributed by atoms with Crippen molar-refractivity contribution in [2.24, 2.45) is 0 Å². The van der Waals surface area contributed by atoms with Gasteiger partial charge in [0, 0.05) is 17.0 Å². The van der Waals surface area contributed by atoms with Crippen LogP contribution in [0, 0.1) is 22.9 Å². The number of ether oxygens (including phenoxy) is 1. The molecule has 0 saturated heterocycles. The topological polar surface area (TPSA) is 112 Å². The van der Waals surface area contributed by atoms with Gasteiger partial charge in [-0.1, -0.05) is 24.3 Å². The van der Waals surface area contributed by atoms with Gasteiger partial charge in [-0.2, -0.15) is 0 Å². The Morgan fingerprint density at radius 3 is 2.67 bits per heavy atom. The smallest absolute Gasteiger partial charge is 0.375 e. The maximum absolute atomic E-state index is 13.7. The Balaban J connectivity index is 1.70. The third kappa shape index (κ3) is 3.61. The molecule has 0 bridgehead atoms. The predicted molar refractivity (Wildman–Crippen MR) is 92.9 cm³/mol. The lowest BCUT2D eigenvalue weighted by Gasteiger charge is -2.06. The van der Waals surface area contributed by atoms with E-state index in [2.05, 4.69) is 5.32 Å². The third-order valence-corrected chi connectivity index (χ3v) is 3.81. The summed E-state index contributed by atoms with van der Waals surface area (Å²) in [5, 5.41) is 13.7. The van der Waals surface area contributed by atoms with Gasteiger partial charge >= 0.3 is 5.97 Å². The fourth-order valence-electron chi connectivity index (χ4n) is 2.53. The molecule has 0 aliphatic rings. The van der Waals surface area contributed by atoms with E-state index in [1.165, 1.54) is 36.4 Å². The molecule has 3 aromatic rings. The van der Waals surface area contributed by atoms with Crippen LogP contribution in [0.15, 0.2) is 46.9 Å². The number of nitrogens with one attached hydrogen (secondary N) is 1. The molecule has 0 saturated carbocycles. The summed E-state index contributed by atoms with van der Waals surface area (Å²) < 4.78 is 23.8. The van der Waals surface area contributed by atoms with Gasteiger partial charge < -0.3 is 14.5 Å². The summed E-state index contributed by atoms with van der Waals surface area (Å²) in [5.41, 5.74) is -0.00812. The highest BCUT2D eigenvalue weighted by Crippen LogP contribution is 2.28. The summed E-state index contributed by atoms with van der Waals surface area (Å²) in [6.07, 6.45) is 0. The van der Waals surface area contributed by atoms with Crippen LogP contribution in [-0.2, 0) is 9.53 Å². The van der Waals surface area contributed by atoms with Crippen molar-refractivity contribution in [2.45, 2.75) is 6.92 Å². The van der Waals surface area contributed by atoms with Gasteiger partial charge in [0.2, 0.25) is 5.76 Å². The second kappa shape index (κ2) is 7.24. The summed E-state index contributed by atoms with van der Waals surface area (Å²) in [5.74, 6) is -2.55. The lowest BCUT2D eigenvalue weighted by molar-refractivity contribution is -0.383. The summed E-state index contributed by atoms with van der Waals surface area (Å²) in [6.45, 7) is 0.874. The average Bonchev–Trinajstić information content (AvgIpc) is 2.98. The molecule has 0 spiro atoms. The van der Waals surface area contributed by atoms with Crippen LogP contribution in [0.1, 0.15) is 16.1 Å². The van der Waals surface area contributed by atoms with Crippen molar-refractivity contribution in [1.82, 2.24) is 0 Å². The van der Waals surface area contributed by atoms with E-state index in [1.54, 1.807) is 13.0 Å². The molecule has 3 rings (SSSR count). The fourth-order valence-corrected chi connectivity index (χ4v) is 2.53. The Morgan fingerprint density at radius 2 is 1.96 bits per heavy atom.